The van der Waals surface area contributed by atoms with Gasteiger partial charge in [-0.2, -0.15) is 0 Å². The number of hydrogen-bond acceptors (Lipinski definition) is 2. The Bertz CT molecular complexity index is 563. The Kier molecular flexibility index (Phi) is 7.96. The van der Waals surface area contributed by atoms with E-state index < -0.39 is 0 Å². The first-order valence-corrected chi connectivity index (χ1v) is 10.1. The van der Waals surface area contributed by atoms with Crippen molar-refractivity contribution in [3.63, 3.8) is 0 Å². The predicted octanol–water partition coefficient (Wildman–Crippen LogP) is 7.07. The molecule has 0 saturated carbocycles. The minimum atomic E-state index is 1.19. The van der Waals surface area contributed by atoms with Gasteiger partial charge in [0.2, 0.25) is 0 Å². The van der Waals surface area contributed by atoms with Crippen LogP contribution in [0.25, 0.3) is 0 Å². The number of rotatable bonds is 9. The summed E-state index contributed by atoms with van der Waals surface area (Å²) in [6.07, 6.45) is 6.26. The van der Waals surface area contributed by atoms with Gasteiger partial charge in [-0.15, -0.1) is 11.8 Å². The van der Waals surface area contributed by atoms with Crippen LogP contribution in [0.5, 0.6) is 0 Å². The van der Waals surface area contributed by atoms with Crippen molar-refractivity contribution in [2.24, 2.45) is 0 Å². The summed E-state index contributed by atoms with van der Waals surface area (Å²) in [5.41, 5.74) is 1.49. The van der Waals surface area contributed by atoms with Crippen molar-refractivity contribution in [2.45, 2.75) is 60.6 Å². The normalized spacial score (nSPS) is 10.8. The average Bonchev–Trinajstić information content (AvgIpc) is 2.56. The van der Waals surface area contributed by atoms with Gasteiger partial charge < -0.3 is 0 Å². The van der Waals surface area contributed by atoms with E-state index >= 15 is 0 Å². The highest BCUT2D eigenvalue weighted by atomic mass is 32.2. The second-order valence-electron chi connectivity index (χ2n) is 5.46. The Morgan fingerprint density at radius 1 is 0.727 bits per heavy atom. The highest BCUT2D eigenvalue weighted by Crippen LogP contribution is 2.37. The highest BCUT2D eigenvalue weighted by Gasteiger charge is 2.07. The molecule has 0 nitrogen and oxygen atoms in total. The molecule has 0 unspecified atom stereocenters. The van der Waals surface area contributed by atoms with Crippen LogP contribution in [0.3, 0.4) is 0 Å². The summed E-state index contributed by atoms with van der Waals surface area (Å²) in [5, 5.41) is 0. The van der Waals surface area contributed by atoms with Crippen LogP contribution in [0.1, 0.15) is 45.1 Å². The van der Waals surface area contributed by atoms with Crippen molar-refractivity contribution in [3.05, 3.63) is 54.1 Å². The topological polar surface area (TPSA) is 0 Å². The summed E-state index contributed by atoms with van der Waals surface area (Å²) in [7, 11) is 0. The molecule has 0 aromatic heterocycles. The first-order valence-electron chi connectivity index (χ1n) is 8.32. The van der Waals surface area contributed by atoms with Crippen molar-refractivity contribution in [1.82, 2.24) is 0 Å². The smallest absolute Gasteiger partial charge is 0.0258 e. The number of aryl methyl sites for hydroxylation is 1. The van der Waals surface area contributed by atoms with Gasteiger partial charge in [0.15, 0.2) is 0 Å². The molecule has 2 aromatic carbocycles. The fraction of sp³-hybridized carbons (Fsp3) is 0.400. The molecule has 0 aliphatic rings. The van der Waals surface area contributed by atoms with Crippen molar-refractivity contribution in [1.29, 1.82) is 0 Å². The lowest BCUT2D eigenvalue weighted by Crippen LogP contribution is -1.89. The molecule has 0 N–H and O–H groups in total. The van der Waals surface area contributed by atoms with Crippen molar-refractivity contribution >= 4 is 23.5 Å². The molecular formula is C20H26S2. The largest absolute Gasteiger partial charge is 0.125 e. The lowest BCUT2D eigenvalue weighted by atomic mass is 10.1. The van der Waals surface area contributed by atoms with E-state index in [2.05, 4.69) is 62.4 Å². The Labute approximate surface area is 144 Å². The Balaban J connectivity index is 2.13. The molecule has 22 heavy (non-hydrogen) atoms. The van der Waals surface area contributed by atoms with Crippen LogP contribution in [-0.4, -0.2) is 5.75 Å². The Morgan fingerprint density at radius 2 is 1.36 bits per heavy atom. The first kappa shape index (κ1) is 17.5. The fourth-order valence-corrected chi connectivity index (χ4v) is 4.62. The number of benzene rings is 2. The van der Waals surface area contributed by atoms with E-state index in [4.69, 9.17) is 0 Å². The third kappa shape index (κ3) is 5.40. The third-order valence-corrected chi connectivity index (χ3v) is 6.08. The van der Waals surface area contributed by atoms with Crippen LogP contribution in [-0.2, 0) is 6.42 Å². The van der Waals surface area contributed by atoms with Gasteiger partial charge in [0.25, 0.3) is 0 Å². The Hall–Kier alpha value is -0.860. The number of hydrogen-bond donors (Lipinski definition) is 0. The molecule has 0 aliphatic carbocycles. The molecule has 0 saturated heterocycles. The maximum Gasteiger partial charge on any atom is 0.0258 e. The lowest BCUT2D eigenvalue weighted by Gasteiger charge is -2.12. The fourth-order valence-electron chi connectivity index (χ4n) is 2.28. The summed E-state index contributed by atoms with van der Waals surface area (Å²) in [6, 6.07) is 17.7. The van der Waals surface area contributed by atoms with Gasteiger partial charge in [-0.05, 0) is 48.8 Å². The van der Waals surface area contributed by atoms with Gasteiger partial charge in [-0.3, -0.25) is 0 Å². The van der Waals surface area contributed by atoms with Gasteiger partial charge in [0.05, 0.1) is 0 Å². The van der Waals surface area contributed by atoms with Gasteiger partial charge in [0.1, 0.15) is 0 Å². The summed E-state index contributed by atoms with van der Waals surface area (Å²) >= 11 is 3.92. The predicted molar refractivity (Wildman–Crippen MR) is 101 cm³/mol. The van der Waals surface area contributed by atoms with E-state index in [0.29, 0.717) is 0 Å². The van der Waals surface area contributed by atoms with E-state index in [0.717, 1.165) is 0 Å². The van der Waals surface area contributed by atoms with E-state index in [1.54, 1.807) is 0 Å². The quantitative estimate of drug-likeness (QED) is 0.356. The molecule has 0 fully saturated rings. The zero-order valence-electron chi connectivity index (χ0n) is 13.7. The van der Waals surface area contributed by atoms with Crippen LogP contribution in [0, 0.1) is 0 Å². The van der Waals surface area contributed by atoms with Gasteiger partial charge in [0, 0.05) is 14.7 Å². The summed E-state index contributed by atoms with van der Waals surface area (Å²) in [4.78, 5) is 4.23. The monoisotopic (exact) mass is 330 g/mol. The van der Waals surface area contributed by atoms with E-state index in [1.165, 1.54) is 58.1 Å². The van der Waals surface area contributed by atoms with E-state index in [1.807, 2.05) is 23.5 Å². The summed E-state index contributed by atoms with van der Waals surface area (Å²) < 4.78 is 0. The van der Waals surface area contributed by atoms with Crippen LogP contribution in [0.2, 0.25) is 0 Å². The maximum atomic E-state index is 2.28. The van der Waals surface area contributed by atoms with Gasteiger partial charge in [-0.1, -0.05) is 68.8 Å². The highest BCUT2D eigenvalue weighted by molar-refractivity contribution is 8.02. The lowest BCUT2D eigenvalue weighted by molar-refractivity contribution is 0.785. The standard InChI is InChI=1S/C20H26S2/c1-3-5-11-17-12-7-8-13-18(17)22-20-15-10-9-14-19(20)21-16-6-4-2/h7-10,12-15H,3-6,11,16H2,1-2H3. The summed E-state index contributed by atoms with van der Waals surface area (Å²) in [6.45, 7) is 4.51. The molecule has 0 spiro atoms. The van der Waals surface area contributed by atoms with Crippen LogP contribution in [0.4, 0.5) is 0 Å². The van der Waals surface area contributed by atoms with Crippen LogP contribution >= 0.6 is 23.5 Å². The molecule has 0 radical (unpaired) electrons. The maximum absolute atomic E-state index is 2.28. The third-order valence-electron chi connectivity index (χ3n) is 3.60. The second-order valence-corrected chi connectivity index (χ2v) is 7.68. The Morgan fingerprint density at radius 3 is 2.09 bits per heavy atom. The molecule has 0 heterocycles. The molecule has 2 rings (SSSR count). The van der Waals surface area contributed by atoms with Crippen molar-refractivity contribution in [2.75, 3.05) is 5.75 Å². The van der Waals surface area contributed by atoms with E-state index in [9.17, 15) is 0 Å². The van der Waals surface area contributed by atoms with Gasteiger partial charge >= 0.3 is 0 Å². The van der Waals surface area contributed by atoms with Crippen LogP contribution < -0.4 is 0 Å². The minimum Gasteiger partial charge on any atom is -0.125 e. The number of unbranched alkanes of at least 4 members (excludes halogenated alkanes) is 2. The molecular weight excluding hydrogens is 304 g/mol. The molecule has 118 valence electrons. The minimum absolute atomic E-state index is 1.19. The van der Waals surface area contributed by atoms with Gasteiger partial charge in [-0.25, -0.2) is 0 Å². The van der Waals surface area contributed by atoms with Crippen LogP contribution in [0.15, 0.2) is 63.2 Å². The number of thioether (sulfide) groups is 1. The van der Waals surface area contributed by atoms with Crippen molar-refractivity contribution in [3.8, 4) is 0 Å². The average molecular weight is 331 g/mol. The van der Waals surface area contributed by atoms with E-state index in [-0.39, 0.29) is 0 Å². The summed E-state index contributed by atoms with van der Waals surface area (Å²) in [5.74, 6) is 1.21. The first-order chi connectivity index (χ1) is 10.8. The molecule has 2 heteroatoms. The molecule has 0 bridgehead atoms. The molecule has 0 aliphatic heterocycles. The molecule has 2 aromatic rings. The molecule has 0 atom stereocenters. The van der Waals surface area contributed by atoms with Crippen molar-refractivity contribution < 1.29 is 0 Å². The zero-order chi connectivity index (χ0) is 15.6. The molecule has 0 amide bonds. The second kappa shape index (κ2) is 10.0. The SMILES string of the molecule is CCCCSc1ccccc1Sc1ccccc1CCCC. The zero-order valence-corrected chi connectivity index (χ0v) is 15.3.